The number of pyridine rings is 1. The highest BCUT2D eigenvalue weighted by Gasteiger charge is 2.16. The van der Waals surface area contributed by atoms with Gasteiger partial charge in [-0.05, 0) is 45.4 Å². The molecule has 0 bridgehead atoms. The van der Waals surface area contributed by atoms with Crippen LogP contribution in [0.5, 0.6) is 0 Å². The second kappa shape index (κ2) is 6.43. The van der Waals surface area contributed by atoms with Gasteiger partial charge in [0, 0.05) is 29.2 Å². The Labute approximate surface area is 141 Å². The Hall–Kier alpha value is -2.69. The molecule has 1 amide bonds. The lowest BCUT2D eigenvalue weighted by Gasteiger charge is -2.15. The van der Waals surface area contributed by atoms with Crippen LogP contribution in [0.25, 0.3) is 10.9 Å². The van der Waals surface area contributed by atoms with E-state index in [1.165, 1.54) is 0 Å². The lowest BCUT2D eigenvalue weighted by molar-refractivity contribution is 0.0941. The molecule has 0 fully saturated rings. The van der Waals surface area contributed by atoms with E-state index in [0.717, 1.165) is 33.5 Å². The Balaban J connectivity index is 1.84. The molecule has 1 unspecified atom stereocenters. The summed E-state index contributed by atoms with van der Waals surface area (Å²) in [5.41, 5.74) is 5.45. The average Bonchev–Trinajstić information content (AvgIpc) is 2.92. The monoisotopic (exact) mass is 322 g/mol. The molecule has 0 saturated carbocycles. The normalized spacial score (nSPS) is 12.3. The van der Waals surface area contributed by atoms with Crippen molar-refractivity contribution in [3.05, 3.63) is 58.5 Å². The van der Waals surface area contributed by atoms with Gasteiger partial charge in [0.1, 0.15) is 0 Å². The van der Waals surface area contributed by atoms with Gasteiger partial charge < -0.3 is 5.32 Å². The van der Waals surface area contributed by atoms with Gasteiger partial charge in [0.05, 0.1) is 16.8 Å². The van der Waals surface area contributed by atoms with Gasteiger partial charge in [0.15, 0.2) is 0 Å². The molecular formula is C19H22N4O. The van der Waals surface area contributed by atoms with Gasteiger partial charge in [0.25, 0.3) is 5.91 Å². The van der Waals surface area contributed by atoms with Gasteiger partial charge in [-0.2, -0.15) is 5.10 Å². The van der Waals surface area contributed by atoms with E-state index in [4.69, 9.17) is 0 Å². The van der Waals surface area contributed by atoms with Crippen LogP contribution in [0.4, 0.5) is 0 Å². The number of para-hydroxylation sites is 1. The van der Waals surface area contributed by atoms with Crippen LogP contribution in [-0.4, -0.2) is 27.1 Å². The van der Waals surface area contributed by atoms with Crippen LogP contribution in [0.1, 0.15) is 39.9 Å². The summed E-state index contributed by atoms with van der Waals surface area (Å²) in [6.07, 6.45) is 0.692. The fraction of sp³-hybridized carbons (Fsp3) is 0.316. The van der Waals surface area contributed by atoms with Gasteiger partial charge >= 0.3 is 0 Å². The summed E-state index contributed by atoms with van der Waals surface area (Å²) in [5.74, 6) is -0.0733. The van der Waals surface area contributed by atoms with Crippen molar-refractivity contribution < 1.29 is 4.79 Å². The zero-order valence-corrected chi connectivity index (χ0v) is 14.5. The fourth-order valence-corrected chi connectivity index (χ4v) is 2.95. The summed E-state index contributed by atoms with van der Waals surface area (Å²) in [5, 5.41) is 11.1. The van der Waals surface area contributed by atoms with Gasteiger partial charge in [-0.1, -0.05) is 18.2 Å². The smallest absolute Gasteiger partial charge is 0.252 e. The minimum atomic E-state index is -0.0733. The number of aromatic nitrogens is 3. The zero-order valence-electron chi connectivity index (χ0n) is 14.5. The van der Waals surface area contributed by atoms with E-state index in [1.807, 2.05) is 58.0 Å². The molecular weight excluding hydrogens is 300 g/mol. The van der Waals surface area contributed by atoms with E-state index in [-0.39, 0.29) is 11.9 Å². The van der Waals surface area contributed by atoms with Crippen molar-refractivity contribution in [1.82, 2.24) is 20.5 Å². The van der Waals surface area contributed by atoms with Gasteiger partial charge in [-0.15, -0.1) is 0 Å². The predicted molar refractivity (Wildman–Crippen MR) is 95.2 cm³/mol. The maximum Gasteiger partial charge on any atom is 0.252 e. The van der Waals surface area contributed by atoms with Crippen LogP contribution in [0.2, 0.25) is 0 Å². The van der Waals surface area contributed by atoms with E-state index >= 15 is 0 Å². The van der Waals surface area contributed by atoms with Crippen molar-refractivity contribution in [3.8, 4) is 0 Å². The molecule has 0 saturated heterocycles. The van der Waals surface area contributed by atoms with Crippen LogP contribution in [0.15, 0.2) is 30.3 Å². The van der Waals surface area contributed by atoms with Crippen molar-refractivity contribution in [2.24, 2.45) is 0 Å². The molecule has 1 aromatic carbocycles. The number of carbonyl (C=O) groups is 1. The quantitative estimate of drug-likeness (QED) is 0.774. The number of benzene rings is 1. The highest BCUT2D eigenvalue weighted by Crippen LogP contribution is 2.21. The topological polar surface area (TPSA) is 70.7 Å². The third-order valence-electron chi connectivity index (χ3n) is 4.07. The van der Waals surface area contributed by atoms with E-state index in [1.54, 1.807) is 0 Å². The van der Waals surface area contributed by atoms with Crippen molar-refractivity contribution in [1.29, 1.82) is 0 Å². The Morgan fingerprint density at radius 3 is 2.75 bits per heavy atom. The van der Waals surface area contributed by atoms with Crippen LogP contribution >= 0.6 is 0 Å². The summed E-state index contributed by atoms with van der Waals surface area (Å²) in [4.78, 5) is 17.3. The molecule has 5 nitrogen and oxygen atoms in total. The minimum Gasteiger partial charge on any atom is -0.349 e. The molecule has 3 rings (SSSR count). The third-order valence-corrected chi connectivity index (χ3v) is 4.07. The van der Waals surface area contributed by atoms with E-state index in [9.17, 15) is 4.79 Å². The molecule has 2 aromatic heterocycles. The molecule has 0 aliphatic carbocycles. The Morgan fingerprint density at radius 1 is 1.25 bits per heavy atom. The van der Waals surface area contributed by atoms with Gasteiger partial charge in [-0.25, -0.2) is 0 Å². The molecule has 124 valence electrons. The maximum absolute atomic E-state index is 12.8. The first-order valence-electron chi connectivity index (χ1n) is 8.13. The Kier molecular flexibility index (Phi) is 4.34. The molecule has 0 aliphatic rings. The molecule has 3 aromatic rings. The summed E-state index contributed by atoms with van der Waals surface area (Å²) in [6.45, 7) is 7.88. The first-order valence-corrected chi connectivity index (χ1v) is 8.13. The molecule has 0 radical (unpaired) electrons. The number of H-pyrrole nitrogens is 1. The largest absolute Gasteiger partial charge is 0.349 e. The van der Waals surface area contributed by atoms with E-state index < -0.39 is 0 Å². The van der Waals surface area contributed by atoms with Crippen molar-refractivity contribution in [2.45, 2.75) is 40.2 Å². The molecule has 5 heteroatoms. The van der Waals surface area contributed by atoms with Gasteiger partial charge in [0.2, 0.25) is 0 Å². The molecule has 2 heterocycles. The molecule has 2 N–H and O–H groups in total. The number of amides is 1. The predicted octanol–water partition coefficient (Wildman–Crippen LogP) is 3.24. The first kappa shape index (κ1) is 16.2. The number of hydrogen-bond acceptors (Lipinski definition) is 3. The standard InChI is InChI=1S/C19H22N4O/c1-11-6-5-7-16-17(10-13(3)20-18(11)16)19(24)21-12(2)8-15-9-14(4)22-23-15/h5-7,9-10,12H,8H2,1-4H3,(H,21,24)(H,22,23). The second-order valence-electron chi connectivity index (χ2n) is 6.40. The van der Waals surface area contributed by atoms with Crippen LogP contribution in [0.3, 0.4) is 0 Å². The SMILES string of the molecule is Cc1cc(C(=O)NC(C)Cc2cc(C)[nH]n2)c2cccc(C)c2n1. The minimum absolute atomic E-state index is 0.00599. The second-order valence-corrected chi connectivity index (χ2v) is 6.40. The lowest BCUT2D eigenvalue weighted by Crippen LogP contribution is -2.34. The van der Waals surface area contributed by atoms with Crippen molar-refractivity contribution >= 4 is 16.8 Å². The van der Waals surface area contributed by atoms with Crippen molar-refractivity contribution in [2.75, 3.05) is 0 Å². The van der Waals surface area contributed by atoms with Crippen LogP contribution < -0.4 is 5.32 Å². The number of aryl methyl sites for hydroxylation is 3. The summed E-state index contributed by atoms with van der Waals surface area (Å²) >= 11 is 0. The number of hydrogen-bond donors (Lipinski definition) is 2. The third kappa shape index (κ3) is 3.30. The fourth-order valence-electron chi connectivity index (χ4n) is 2.95. The average molecular weight is 322 g/mol. The first-order chi connectivity index (χ1) is 11.4. The number of carbonyl (C=O) groups excluding carboxylic acids is 1. The van der Waals surface area contributed by atoms with Crippen molar-refractivity contribution in [3.63, 3.8) is 0 Å². The van der Waals surface area contributed by atoms with Crippen LogP contribution in [0, 0.1) is 20.8 Å². The lowest BCUT2D eigenvalue weighted by atomic mass is 10.0. The highest BCUT2D eigenvalue weighted by atomic mass is 16.1. The summed E-state index contributed by atoms with van der Waals surface area (Å²) in [7, 11) is 0. The van der Waals surface area contributed by atoms with E-state index in [2.05, 4.69) is 20.5 Å². The maximum atomic E-state index is 12.8. The molecule has 24 heavy (non-hydrogen) atoms. The summed E-state index contributed by atoms with van der Waals surface area (Å²) < 4.78 is 0. The molecule has 0 aliphatic heterocycles. The Morgan fingerprint density at radius 2 is 2.04 bits per heavy atom. The Bertz CT molecular complexity index is 898. The molecule has 0 spiro atoms. The highest BCUT2D eigenvalue weighted by molar-refractivity contribution is 6.06. The molecule has 1 atom stereocenters. The summed E-state index contributed by atoms with van der Waals surface area (Å²) in [6, 6.07) is 9.76. The number of fused-ring (bicyclic) bond motifs is 1. The van der Waals surface area contributed by atoms with E-state index in [0.29, 0.717) is 12.0 Å². The number of aromatic amines is 1. The number of nitrogens with zero attached hydrogens (tertiary/aromatic N) is 2. The zero-order chi connectivity index (χ0) is 17.3. The van der Waals surface area contributed by atoms with Gasteiger partial charge in [-0.3, -0.25) is 14.9 Å². The van der Waals surface area contributed by atoms with Crippen LogP contribution in [-0.2, 0) is 6.42 Å². The number of rotatable bonds is 4. The number of nitrogens with one attached hydrogen (secondary N) is 2.